The number of nitrogens with two attached hydrogens (primary N) is 1. The first-order valence-electron chi connectivity index (χ1n) is 7.03. The molecular formula is C15H21N3O5. The number of ether oxygens (including phenoxy) is 1. The number of carbonyl (C=O) groups excluding carboxylic acids is 2. The van der Waals surface area contributed by atoms with Crippen molar-refractivity contribution in [2.45, 2.75) is 38.8 Å². The number of hydrogen-bond acceptors (Lipinski definition) is 5. The number of aliphatic carboxylic acids is 1. The van der Waals surface area contributed by atoms with E-state index in [1.807, 2.05) is 20.8 Å². The normalized spacial score (nSPS) is 12.5. The van der Waals surface area contributed by atoms with E-state index >= 15 is 0 Å². The molecule has 4 N–H and O–H groups in total. The van der Waals surface area contributed by atoms with E-state index in [4.69, 9.17) is 15.6 Å². The van der Waals surface area contributed by atoms with Crippen LogP contribution in [0.2, 0.25) is 0 Å². The number of rotatable bonds is 7. The number of carboxylic acids is 1. The summed E-state index contributed by atoms with van der Waals surface area (Å²) in [6.07, 6.45) is 1.29. The van der Waals surface area contributed by atoms with Crippen LogP contribution in [-0.2, 0) is 9.53 Å². The maximum Gasteiger partial charge on any atom is 0.326 e. The number of nitrogens with one attached hydrogen (secondary N) is 1. The maximum atomic E-state index is 12.0. The summed E-state index contributed by atoms with van der Waals surface area (Å²) in [7, 11) is 0. The first-order valence-corrected chi connectivity index (χ1v) is 7.03. The Labute approximate surface area is 134 Å². The number of carboxylic acid groups (broad SMARTS) is 1. The first kappa shape index (κ1) is 18.6. The zero-order chi connectivity index (χ0) is 17.6. The van der Waals surface area contributed by atoms with Crippen LogP contribution in [0.5, 0.6) is 0 Å². The van der Waals surface area contributed by atoms with Crippen LogP contribution in [0.1, 0.15) is 48.0 Å². The number of nitrogens with zero attached hydrogens (tertiary/aromatic N) is 1. The summed E-state index contributed by atoms with van der Waals surface area (Å²) in [4.78, 5) is 38.0. The van der Waals surface area contributed by atoms with E-state index in [9.17, 15) is 14.4 Å². The Morgan fingerprint density at radius 2 is 2.00 bits per heavy atom. The van der Waals surface area contributed by atoms with Gasteiger partial charge in [-0.15, -0.1) is 0 Å². The van der Waals surface area contributed by atoms with Gasteiger partial charge in [-0.2, -0.15) is 0 Å². The molecule has 1 atom stereocenters. The van der Waals surface area contributed by atoms with Crippen LogP contribution in [0.25, 0.3) is 0 Å². The van der Waals surface area contributed by atoms with Crippen LogP contribution in [0.3, 0.4) is 0 Å². The lowest BCUT2D eigenvalue weighted by Crippen LogP contribution is -2.42. The van der Waals surface area contributed by atoms with Crippen molar-refractivity contribution in [1.82, 2.24) is 10.3 Å². The minimum Gasteiger partial charge on any atom is -0.480 e. The van der Waals surface area contributed by atoms with E-state index in [0.29, 0.717) is 0 Å². The lowest BCUT2D eigenvalue weighted by atomic mass is 10.1. The highest BCUT2D eigenvalue weighted by molar-refractivity contribution is 5.96. The summed E-state index contributed by atoms with van der Waals surface area (Å²) in [6, 6.07) is 1.56. The van der Waals surface area contributed by atoms with Crippen molar-refractivity contribution in [2.75, 3.05) is 6.61 Å². The summed E-state index contributed by atoms with van der Waals surface area (Å²) in [5.41, 5.74) is 4.85. The zero-order valence-electron chi connectivity index (χ0n) is 13.3. The smallest absolute Gasteiger partial charge is 0.326 e. The highest BCUT2D eigenvalue weighted by Gasteiger charge is 2.22. The summed E-state index contributed by atoms with van der Waals surface area (Å²) < 4.78 is 5.46. The second-order valence-corrected chi connectivity index (χ2v) is 5.91. The van der Waals surface area contributed by atoms with Crippen molar-refractivity contribution in [2.24, 2.45) is 5.73 Å². The molecule has 1 unspecified atom stereocenters. The summed E-state index contributed by atoms with van der Waals surface area (Å²) in [5, 5.41) is 11.5. The van der Waals surface area contributed by atoms with Crippen molar-refractivity contribution in [3.63, 3.8) is 0 Å². The van der Waals surface area contributed by atoms with Gasteiger partial charge < -0.3 is 20.9 Å². The van der Waals surface area contributed by atoms with Crippen LogP contribution in [0, 0.1) is 0 Å². The van der Waals surface area contributed by atoms with Gasteiger partial charge in [0.15, 0.2) is 0 Å². The topological polar surface area (TPSA) is 132 Å². The molecule has 1 heterocycles. The van der Waals surface area contributed by atoms with Crippen LogP contribution >= 0.6 is 0 Å². The quantitative estimate of drug-likeness (QED) is 0.672. The molecular weight excluding hydrogens is 302 g/mol. The predicted molar refractivity (Wildman–Crippen MR) is 82.0 cm³/mol. The summed E-state index contributed by atoms with van der Waals surface area (Å²) in [6.45, 7) is 5.75. The Kier molecular flexibility index (Phi) is 6.20. The Balaban J connectivity index is 2.66. The fourth-order valence-corrected chi connectivity index (χ4v) is 1.65. The minimum atomic E-state index is -1.16. The fraction of sp³-hybridized carbons (Fsp3) is 0.467. The van der Waals surface area contributed by atoms with Crippen LogP contribution < -0.4 is 11.1 Å². The number of carbonyl (C=O) groups is 3. The van der Waals surface area contributed by atoms with Gasteiger partial charge in [0.05, 0.1) is 11.2 Å². The van der Waals surface area contributed by atoms with Gasteiger partial charge in [0.1, 0.15) is 11.7 Å². The van der Waals surface area contributed by atoms with Crippen molar-refractivity contribution >= 4 is 17.8 Å². The van der Waals surface area contributed by atoms with E-state index in [2.05, 4.69) is 10.3 Å². The van der Waals surface area contributed by atoms with Gasteiger partial charge in [-0.1, -0.05) is 0 Å². The Morgan fingerprint density at radius 3 is 2.43 bits per heavy atom. The van der Waals surface area contributed by atoms with Crippen LogP contribution in [0.15, 0.2) is 18.3 Å². The van der Waals surface area contributed by atoms with E-state index in [-0.39, 0.29) is 29.9 Å². The standard InChI is InChI=1S/C15H21N3O5/c1-15(2,3)23-7-6-11(14(21)22)18-13(20)10-5-4-9(8-17-10)12(16)19/h4-5,8,11H,6-7H2,1-3H3,(H2,16,19)(H,18,20)(H,21,22). The van der Waals surface area contributed by atoms with Crippen molar-refractivity contribution < 1.29 is 24.2 Å². The lowest BCUT2D eigenvalue weighted by molar-refractivity contribution is -0.140. The van der Waals surface area contributed by atoms with Crippen molar-refractivity contribution in [3.8, 4) is 0 Å². The Morgan fingerprint density at radius 1 is 1.35 bits per heavy atom. The molecule has 0 saturated carbocycles. The molecule has 1 rings (SSSR count). The Hall–Kier alpha value is -2.48. The van der Waals surface area contributed by atoms with Crippen LogP contribution in [-0.4, -0.2) is 46.1 Å². The van der Waals surface area contributed by atoms with E-state index in [1.165, 1.54) is 12.1 Å². The molecule has 0 aliphatic heterocycles. The number of amides is 2. The number of aromatic nitrogens is 1. The largest absolute Gasteiger partial charge is 0.480 e. The minimum absolute atomic E-state index is 0.00186. The predicted octanol–water partition coefficient (Wildman–Crippen LogP) is 0.569. The molecule has 23 heavy (non-hydrogen) atoms. The molecule has 2 amide bonds. The van der Waals surface area contributed by atoms with Gasteiger partial charge >= 0.3 is 5.97 Å². The van der Waals surface area contributed by atoms with Crippen molar-refractivity contribution in [3.05, 3.63) is 29.6 Å². The monoisotopic (exact) mass is 323 g/mol. The third-order valence-electron chi connectivity index (χ3n) is 2.83. The zero-order valence-corrected chi connectivity index (χ0v) is 13.3. The molecule has 0 bridgehead atoms. The molecule has 1 aromatic rings. The third kappa shape index (κ3) is 6.43. The van der Waals surface area contributed by atoms with Gasteiger partial charge in [-0.05, 0) is 32.9 Å². The highest BCUT2D eigenvalue weighted by Crippen LogP contribution is 2.08. The molecule has 0 spiro atoms. The summed E-state index contributed by atoms with van der Waals surface area (Å²) >= 11 is 0. The Bertz CT molecular complexity index is 578. The molecule has 0 radical (unpaired) electrons. The molecule has 0 aromatic carbocycles. The molecule has 0 aliphatic rings. The van der Waals surface area contributed by atoms with Crippen molar-refractivity contribution in [1.29, 1.82) is 0 Å². The summed E-state index contributed by atoms with van der Waals surface area (Å²) in [5.74, 6) is -2.47. The van der Waals surface area contributed by atoms with Gasteiger partial charge in [-0.3, -0.25) is 14.6 Å². The average Bonchev–Trinajstić information content (AvgIpc) is 2.44. The van der Waals surface area contributed by atoms with Gasteiger partial charge in [0.25, 0.3) is 5.91 Å². The lowest BCUT2D eigenvalue weighted by Gasteiger charge is -2.21. The van der Waals surface area contributed by atoms with Gasteiger partial charge in [-0.25, -0.2) is 4.79 Å². The SMILES string of the molecule is CC(C)(C)OCCC(NC(=O)c1ccc(C(N)=O)cn1)C(=O)O. The fourth-order valence-electron chi connectivity index (χ4n) is 1.65. The van der Waals surface area contributed by atoms with Gasteiger partial charge in [0.2, 0.25) is 5.91 Å². The molecule has 8 nitrogen and oxygen atoms in total. The molecule has 8 heteroatoms. The highest BCUT2D eigenvalue weighted by atomic mass is 16.5. The number of hydrogen-bond donors (Lipinski definition) is 3. The second-order valence-electron chi connectivity index (χ2n) is 5.91. The third-order valence-corrected chi connectivity index (χ3v) is 2.83. The number of pyridine rings is 1. The van der Waals surface area contributed by atoms with Gasteiger partial charge in [0, 0.05) is 19.2 Å². The molecule has 0 aliphatic carbocycles. The molecule has 1 aromatic heterocycles. The molecule has 0 saturated heterocycles. The van der Waals surface area contributed by atoms with E-state index in [0.717, 1.165) is 6.20 Å². The molecule has 0 fully saturated rings. The maximum absolute atomic E-state index is 12.0. The molecule has 126 valence electrons. The van der Waals surface area contributed by atoms with E-state index in [1.54, 1.807) is 0 Å². The first-order chi connectivity index (χ1) is 10.6. The average molecular weight is 323 g/mol. The van der Waals surface area contributed by atoms with Crippen LogP contribution in [0.4, 0.5) is 0 Å². The second kappa shape index (κ2) is 7.68. The van der Waals surface area contributed by atoms with E-state index < -0.39 is 23.8 Å². The number of primary amides is 1.